The minimum Gasteiger partial charge on any atom is -0.390 e. The second kappa shape index (κ2) is 8.11. The number of H-pyrrole nitrogens is 1. The van der Waals surface area contributed by atoms with Gasteiger partial charge in [0.1, 0.15) is 12.2 Å². The van der Waals surface area contributed by atoms with Crippen molar-refractivity contribution in [3.8, 4) is 0 Å². The fourth-order valence-corrected chi connectivity index (χ4v) is 3.82. The zero-order chi connectivity index (χ0) is 20.4. The number of benzene rings is 1. The number of aliphatic hydroxyl groups is 1. The van der Waals surface area contributed by atoms with Gasteiger partial charge < -0.3 is 10.4 Å². The number of fused-ring (bicyclic) bond motifs is 1. The molecule has 0 spiro atoms. The average molecular weight is 411 g/mol. The van der Waals surface area contributed by atoms with Crippen LogP contribution in [-0.4, -0.2) is 44.5 Å². The number of hydrogen-bond acceptors (Lipinski definition) is 8. The second-order valence-corrected chi connectivity index (χ2v) is 7.75. The number of nitrogens with zero attached hydrogens (tertiary/aromatic N) is 4. The Hall–Kier alpha value is -3.08. The Bertz CT molecular complexity index is 1010. The highest BCUT2D eigenvalue weighted by Gasteiger charge is 2.39. The molecule has 0 saturated heterocycles. The summed E-state index contributed by atoms with van der Waals surface area (Å²) in [7, 11) is 0. The van der Waals surface area contributed by atoms with Gasteiger partial charge >= 0.3 is 0 Å². The third-order valence-electron chi connectivity index (χ3n) is 4.17. The maximum Gasteiger partial charge on any atom is 0.285 e. The maximum atomic E-state index is 11.2. The van der Waals surface area contributed by atoms with E-state index in [4.69, 9.17) is 0 Å². The number of rotatable bonds is 6. The van der Waals surface area contributed by atoms with Crippen molar-refractivity contribution in [2.24, 2.45) is 4.99 Å². The minimum atomic E-state index is -0.119. The molecule has 3 heterocycles. The number of hydrogen-bond donors (Lipinski definition) is 4. The lowest BCUT2D eigenvalue weighted by atomic mass is 10.3. The zero-order valence-corrected chi connectivity index (χ0v) is 16.8. The molecule has 1 aromatic carbocycles. The Morgan fingerprint density at radius 1 is 1.38 bits per heavy atom. The molecule has 2 aliphatic heterocycles. The number of carbonyl (C=O) groups excluding carboxylic acids is 1. The summed E-state index contributed by atoms with van der Waals surface area (Å²) in [5.74, 6) is 2.20. The molecule has 9 nitrogen and oxygen atoms in total. The number of aromatic nitrogens is 2. The highest BCUT2D eigenvalue weighted by molar-refractivity contribution is 7.97. The van der Waals surface area contributed by atoms with Crippen molar-refractivity contribution < 1.29 is 9.90 Å². The van der Waals surface area contributed by atoms with Gasteiger partial charge in [0.15, 0.2) is 12.0 Å². The van der Waals surface area contributed by atoms with Gasteiger partial charge in [0, 0.05) is 29.3 Å². The number of amidine groups is 1. The summed E-state index contributed by atoms with van der Waals surface area (Å²) in [6.07, 6.45) is 3.80. The number of anilines is 2. The number of aryl methyl sites for hydroxylation is 1. The predicted octanol–water partition coefficient (Wildman–Crippen LogP) is 2.30. The molecule has 0 bridgehead atoms. The van der Waals surface area contributed by atoms with Crippen LogP contribution in [0, 0.1) is 6.92 Å². The maximum absolute atomic E-state index is 11.2. The Morgan fingerprint density at radius 2 is 2.17 bits per heavy atom. The van der Waals surface area contributed by atoms with Crippen LogP contribution in [0.1, 0.15) is 12.6 Å². The second-order valence-electron chi connectivity index (χ2n) is 6.62. The number of carbonyl (C=O) groups is 1. The van der Waals surface area contributed by atoms with Crippen molar-refractivity contribution in [1.82, 2.24) is 19.4 Å². The molecule has 0 aliphatic carbocycles. The van der Waals surface area contributed by atoms with Gasteiger partial charge in [-0.25, -0.2) is 0 Å². The first-order valence-electron chi connectivity index (χ1n) is 9.01. The molecule has 149 valence electrons. The van der Waals surface area contributed by atoms with Crippen molar-refractivity contribution in [3.05, 3.63) is 59.9 Å². The highest BCUT2D eigenvalue weighted by Crippen LogP contribution is 2.30. The average Bonchev–Trinajstić information content (AvgIpc) is 3.29. The fraction of sp³-hybridized carbons (Fsp3) is 0.211. The third kappa shape index (κ3) is 4.50. The molecule has 1 aromatic heterocycles. The molecule has 4 N–H and O–H groups in total. The number of amides is 1. The zero-order valence-electron chi connectivity index (χ0n) is 16.0. The summed E-state index contributed by atoms with van der Waals surface area (Å²) in [6.45, 7) is 3.88. The van der Waals surface area contributed by atoms with E-state index in [0.29, 0.717) is 18.1 Å². The Morgan fingerprint density at radius 3 is 2.83 bits per heavy atom. The summed E-state index contributed by atoms with van der Waals surface area (Å²) >= 11 is 1.55. The van der Waals surface area contributed by atoms with Crippen LogP contribution in [0.25, 0.3) is 0 Å². The van der Waals surface area contributed by atoms with Crippen LogP contribution >= 0.6 is 11.9 Å². The molecular weight excluding hydrogens is 390 g/mol. The fourth-order valence-electron chi connectivity index (χ4n) is 2.95. The van der Waals surface area contributed by atoms with Crippen LogP contribution in [-0.2, 0) is 4.79 Å². The van der Waals surface area contributed by atoms with Crippen LogP contribution in [0.3, 0.4) is 0 Å². The van der Waals surface area contributed by atoms with Gasteiger partial charge in [-0.3, -0.25) is 19.5 Å². The smallest absolute Gasteiger partial charge is 0.285 e. The lowest BCUT2D eigenvalue weighted by Crippen LogP contribution is -2.42. The third-order valence-corrected chi connectivity index (χ3v) is 5.13. The van der Waals surface area contributed by atoms with Gasteiger partial charge in [-0.2, -0.15) is 10.1 Å². The van der Waals surface area contributed by atoms with Crippen LogP contribution in [0.4, 0.5) is 11.5 Å². The number of nitrogens with one attached hydrogen (secondary N) is 3. The standard InChI is InChI=1S/C19H21N7O2S/c1-12-7-17(24-23-12)22-19-10-25(9-18-21-15(11-27)8-26(18)19)29-16-5-3-14(4-6-16)20-13(2)28/h3-8,10,27H,9,11H2,1-2H3,(H,20,28)(H2,22,23,24)/q+1. The van der Waals surface area contributed by atoms with Crippen LogP contribution in [0.5, 0.6) is 0 Å². The van der Waals surface area contributed by atoms with E-state index in [0.717, 1.165) is 27.9 Å². The highest BCUT2D eigenvalue weighted by atomic mass is 32.2. The molecule has 2 aromatic rings. The van der Waals surface area contributed by atoms with Crippen molar-refractivity contribution in [3.63, 3.8) is 0 Å². The largest absolute Gasteiger partial charge is 0.390 e. The first kappa shape index (κ1) is 19.2. The number of aliphatic hydroxyl groups excluding tert-OH is 1. The van der Waals surface area contributed by atoms with Gasteiger partial charge in [-0.15, -0.1) is 0 Å². The van der Waals surface area contributed by atoms with Crippen LogP contribution < -0.4 is 15.5 Å². The monoisotopic (exact) mass is 411 g/mol. The Balaban J connectivity index is 1.54. The molecule has 1 amide bonds. The van der Waals surface area contributed by atoms with E-state index in [1.807, 2.05) is 54.6 Å². The molecule has 0 atom stereocenters. The van der Waals surface area contributed by atoms with Crippen LogP contribution in [0.15, 0.2) is 64.1 Å². The summed E-state index contributed by atoms with van der Waals surface area (Å²) in [5.41, 5.74) is 2.32. The van der Waals surface area contributed by atoms with E-state index in [9.17, 15) is 9.90 Å². The molecule has 10 heteroatoms. The van der Waals surface area contributed by atoms with Gasteiger partial charge in [-0.1, -0.05) is 0 Å². The first-order chi connectivity index (χ1) is 14.0. The van der Waals surface area contributed by atoms with Gasteiger partial charge in [0.2, 0.25) is 5.91 Å². The van der Waals surface area contributed by atoms with Crippen LogP contribution in [0.2, 0.25) is 0 Å². The molecule has 1 radical (unpaired) electrons. The summed E-state index contributed by atoms with van der Waals surface area (Å²) in [6, 6.07) is 9.56. The molecule has 2 aliphatic rings. The molecule has 0 saturated carbocycles. The van der Waals surface area contributed by atoms with E-state index in [-0.39, 0.29) is 12.5 Å². The first-order valence-corrected chi connectivity index (χ1v) is 9.79. The SMILES string of the molecule is CC(=O)Nc1ccc(SN2C=C(Nc3cc(C)[nH]n3)[N+]3C=C(CO)N=C3C2)cc1. The minimum absolute atomic E-state index is 0.0970. The summed E-state index contributed by atoms with van der Waals surface area (Å²) in [5, 5.41) is 22.7. The van der Waals surface area contributed by atoms with Crippen molar-refractivity contribution in [2.45, 2.75) is 18.7 Å². The van der Waals surface area contributed by atoms with Gasteiger partial charge in [0.25, 0.3) is 11.7 Å². The lowest BCUT2D eigenvalue weighted by Gasteiger charge is -2.24. The molecule has 29 heavy (non-hydrogen) atoms. The summed E-state index contributed by atoms with van der Waals surface area (Å²) < 4.78 is 2.05. The summed E-state index contributed by atoms with van der Waals surface area (Å²) in [4.78, 5) is 18.6. The predicted molar refractivity (Wildman–Crippen MR) is 113 cm³/mol. The van der Waals surface area contributed by atoms with Crippen molar-refractivity contribution in [2.75, 3.05) is 23.8 Å². The van der Waals surface area contributed by atoms with E-state index < -0.39 is 0 Å². The van der Waals surface area contributed by atoms with E-state index in [1.54, 1.807) is 11.9 Å². The van der Waals surface area contributed by atoms with E-state index >= 15 is 0 Å². The Kier molecular flexibility index (Phi) is 5.38. The Labute approximate surface area is 172 Å². The lowest BCUT2D eigenvalue weighted by molar-refractivity contribution is -0.114. The topological polar surface area (TPSA) is 112 Å². The molecule has 0 fully saturated rings. The van der Waals surface area contributed by atoms with Crippen molar-refractivity contribution >= 4 is 35.2 Å². The molecule has 0 unspecified atom stereocenters. The number of aromatic amines is 1. The molecular formula is C19H21N7O2S+. The van der Waals surface area contributed by atoms with E-state index in [2.05, 4.69) is 30.1 Å². The van der Waals surface area contributed by atoms with Gasteiger partial charge in [0.05, 0.1) is 12.8 Å². The van der Waals surface area contributed by atoms with E-state index in [1.165, 1.54) is 6.92 Å². The van der Waals surface area contributed by atoms with Crippen molar-refractivity contribution in [1.29, 1.82) is 0 Å². The normalized spacial score (nSPS) is 16.1. The quantitative estimate of drug-likeness (QED) is 0.429. The molecule has 4 rings (SSSR count). The number of aliphatic imine (C=N–C) groups is 1. The van der Waals surface area contributed by atoms with Gasteiger partial charge in [-0.05, 0) is 48.0 Å².